The first kappa shape index (κ1) is 5.50. The summed E-state index contributed by atoms with van der Waals surface area (Å²) in [7, 11) is 0. The molecule has 32 valence electrons. The number of rotatable bonds is 2. The normalized spacial score (nSPS) is 6.67. The third kappa shape index (κ3) is 1.79. The molecule has 0 atom stereocenters. The van der Waals surface area contributed by atoms with Gasteiger partial charge in [-0.2, -0.15) is 0 Å². The van der Waals surface area contributed by atoms with Gasteiger partial charge in [0.2, 0.25) is 0 Å². The van der Waals surface area contributed by atoms with Crippen molar-refractivity contribution in [3.8, 4) is 0 Å². The second kappa shape index (κ2) is 2.72. The van der Waals surface area contributed by atoms with E-state index in [4.69, 9.17) is 0 Å². The molecule has 0 saturated heterocycles. The van der Waals surface area contributed by atoms with Crippen molar-refractivity contribution < 1.29 is 4.79 Å². The van der Waals surface area contributed by atoms with E-state index in [1.807, 2.05) is 0 Å². The average molecular weight is 100 g/mol. The van der Waals surface area contributed by atoms with Crippen LogP contribution in [0.3, 0.4) is 0 Å². The topological polar surface area (TPSA) is 17.1 Å². The van der Waals surface area contributed by atoms with E-state index in [-0.39, 0.29) is 0 Å². The Kier molecular flexibility index (Phi) is 2.50. The highest BCUT2D eigenvalue weighted by Crippen LogP contribution is 1.72. The molecule has 0 fully saturated rings. The number of hydrogen-bond donors (Lipinski definition) is 0. The Morgan fingerprint density at radius 2 is 2.33 bits per heavy atom. The maximum absolute atomic E-state index is 9.54. The second-order valence-electron chi connectivity index (χ2n) is 0.811. The van der Waals surface area contributed by atoms with E-state index in [1.165, 1.54) is 5.37 Å². The third-order valence-electron chi connectivity index (χ3n) is 0.303. The fourth-order valence-electron chi connectivity index (χ4n) is 0.0278. The van der Waals surface area contributed by atoms with E-state index in [0.717, 1.165) is 0 Å². The van der Waals surface area contributed by atoms with Crippen molar-refractivity contribution in [2.75, 3.05) is 0 Å². The molecular weight excluding hydrogens is 96.1 g/mol. The summed E-state index contributed by atoms with van der Waals surface area (Å²) in [5.74, 6) is 0. The molecule has 0 aromatic heterocycles. The average Bonchev–Trinajstić information content (AvgIpc) is 1.65. The lowest BCUT2D eigenvalue weighted by molar-refractivity contribution is -0.104. The molecule has 2 heteroatoms. The maximum Gasteiger partial charge on any atom is 0.150 e. The van der Waals surface area contributed by atoms with E-state index >= 15 is 0 Å². The Morgan fingerprint density at radius 1 is 1.83 bits per heavy atom. The summed E-state index contributed by atoms with van der Waals surface area (Å²) in [5, 5.41) is 1.24. The van der Waals surface area contributed by atoms with Gasteiger partial charge in [-0.1, -0.05) is 18.8 Å². The van der Waals surface area contributed by atoms with Gasteiger partial charge in [0, 0.05) is 10.9 Å². The largest absolute Gasteiger partial charge is 0.298 e. The van der Waals surface area contributed by atoms with Gasteiger partial charge in [0.15, 0.2) is 0 Å². The molecule has 0 spiro atoms. The van der Waals surface area contributed by atoms with Crippen molar-refractivity contribution in [1.82, 2.24) is 0 Å². The lowest BCUT2D eigenvalue weighted by atomic mass is 10.4. The maximum atomic E-state index is 9.54. The Hall–Kier alpha value is -0.500. The van der Waals surface area contributed by atoms with Gasteiger partial charge >= 0.3 is 0 Å². The summed E-state index contributed by atoms with van der Waals surface area (Å²) in [4.78, 5) is 9.54. The number of carbonyl (C=O) groups is 1. The van der Waals surface area contributed by atoms with Gasteiger partial charge in [-0.05, 0) is 0 Å². The Labute approximate surface area is 41.7 Å². The highest BCUT2D eigenvalue weighted by molar-refractivity contribution is 7.79. The standard InChI is InChI=1S/C4H4OS/c1-4(2-5)3-6/h2-3H,1H2. The molecule has 0 saturated carbocycles. The van der Waals surface area contributed by atoms with E-state index in [0.29, 0.717) is 11.9 Å². The third-order valence-corrected chi connectivity index (χ3v) is 0.605. The monoisotopic (exact) mass is 100.0 g/mol. The molecule has 0 heterocycles. The number of carbonyl (C=O) groups excluding carboxylic acids is 1. The molecule has 0 N–H and O–H groups in total. The fraction of sp³-hybridized carbons (Fsp3) is 0. The molecule has 0 unspecified atom stereocenters. The molecule has 0 aliphatic rings. The van der Waals surface area contributed by atoms with Crippen LogP contribution in [0.5, 0.6) is 0 Å². The second-order valence-corrected chi connectivity index (χ2v) is 1.05. The van der Waals surface area contributed by atoms with Crippen molar-refractivity contribution >= 4 is 23.9 Å². The molecular formula is C4H4OS. The minimum absolute atomic E-state index is 0.352. The van der Waals surface area contributed by atoms with E-state index in [2.05, 4.69) is 18.8 Å². The zero-order chi connectivity index (χ0) is 4.99. The lowest BCUT2D eigenvalue weighted by Gasteiger charge is -1.69. The highest BCUT2D eigenvalue weighted by atomic mass is 32.1. The molecule has 0 aliphatic heterocycles. The summed E-state index contributed by atoms with van der Waals surface area (Å²) in [5.41, 5.74) is 0.352. The van der Waals surface area contributed by atoms with Crippen LogP contribution in [-0.2, 0) is 4.79 Å². The molecule has 0 radical (unpaired) electrons. The molecule has 0 bridgehead atoms. The quantitative estimate of drug-likeness (QED) is 0.289. The lowest BCUT2D eigenvalue weighted by Crippen LogP contribution is -1.75. The van der Waals surface area contributed by atoms with Crippen molar-refractivity contribution in [2.45, 2.75) is 0 Å². The van der Waals surface area contributed by atoms with Crippen LogP contribution in [0.4, 0.5) is 0 Å². The minimum Gasteiger partial charge on any atom is -0.298 e. The van der Waals surface area contributed by atoms with Crippen molar-refractivity contribution in [3.05, 3.63) is 12.2 Å². The smallest absolute Gasteiger partial charge is 0.150 e. The van der Waals surface area contributed by atoms with Crippen molar-refractivity contribution in [1.29, 1.82) is 0 Å². The number of allylic oxidation sites excluding steroid dienone is 1. The summed E-state index contributed by atoms with van der Waals surface area (Å²) in [6, 6.07) is 0. The first-order chi connectivity index (χ1) is 2.81. The van der Waals surface area contributed by atoms with Gasteiger partial charge < -0.3 is 0 Å². The first-order valence-corrected chi connectivity index (χ1v) is 1.87. The van der Waals surface area contributed by atoms with Gasteiger partial charge in [0.1, 0.15) is 6.29 Å². The van der Waals surface area contributed by atoms with Crippen LogP contribution >= 0.6 is 12.2 Å². The van der Waals surface area contributed by atoms with Gasteiger partial charge in [-0.15, -0.1) is 0 Å². The zero-order valence-corrected chi connectivity index (χ0v) is 3.99. The van der Waals surface area contributed by atoms with Crippen LogP contribution in [0.15, 0.2) is 12.2 Å². The number of aldehydes is 1. The van der Waals surface area contributed by atoms with E-state index < -0.39 is 0 Å². The van der Waals surface area contributed by atoms with Gasteiger partial charge in [-0.3, -0.25) is 4.79 Å². The predicted molar refractivity (Wildman–Crippen MR) is 28.9 cm³/mol. The molecule has 6 heavy (non-hydrogen) atoms. The highest BCUT2D eigenvalue weighted by Gasteiger charge is 1.73. The van der Waals surface area contributed by atoms with Crippen LogP contribution in [-0.4, -0.2) is 11.7 Å². The van der Waals surface area contributed by atoms with E-state index in [9.17, 15) is 4.79 Å². The van der Waals surface area contributed by atoms with Gasteiger partial charge in [0.25, 0.3) is 0 Å². The molecule has 1 nitrogen and oxygen atoms in total. The van der Waals surface area contributed by atoms with Crippen LogP contribution in [0.1, 0.15) is 0 Å². The molecule has 0 rings (SSSR count). The van der Waals surface area contributed by atoms with Crippen molar-refractivity contribution in [3.63, 3.8) is 0 Å². The van der Waals surface area contributed by atoms with Crippen LogP contribution in [0.2, 0.25) is 0 Å². The zero-order valence-electron chi connectivity index (χ0n) is 3.18. The fourth-order valence-corrected chi connectivity index (χ4v) is 0.0833. The Bertz CT molecular complexity index is 75.5. The summed E-state index contributed by atoms with van der Waals surface area (Å²) in [6.07, 6.45) is 0.618. The SMILES string of the molecule is C=C(C=O)C=S. The van der Waals surface area contributed by atoms with Crippen LogP contribution < -0.4 is 0 Å². The van der Waals surface area contributed by atoms with Gasteiger partial charge in [0.05, 0.1) is 0 Å². The number of thiocarbonyl (C=S) groups is 1. The minimum atomic E-state index is 0.352. The first-order valence-electron chi connectivity index (χ1n) is 1.40. The number of hydrogen-bond acceptors (Lipinski definition) is 2. The molecule has 0 amide bonds. The van der Waals surface area contributed by atoms with E-state index in [1.54, 1.807) is 0 Å². The predicted octanol–water partition coefficient (Wildman–Crippen LogP) is 0.741. The Morgan fingerprint density at radius 3 is 2.33 bits per heavy atom. The Balaban J connectivity index is 3.52. The van der Waals surface area contributed by atoms with Gasteiger partial charge in [-0.25, -0.2) is 0 Å². The summed E-state index contributed by atoms with van der Waals surface area (Å²) in [6.45, 7) is 3.26. The van der Waals surface area contributed by atoms with Crippen LogP contribution in [0, 0.1) is 0 Å². The van der Waals surface area contributed by atoms with Crippen molar-refractivity contribution in [2.24, 2.45) is 0 Å². The molecule has 0 aromatic carbocycles. The van der Waals surface area contributed by atoms with Crippen LogP contribution in [0.25, 0.3) is 0 Å². The summed E-state index contributed by atoms with van der Waals surface area (Å²) >= 11 is 4.32. The molecule has 0 aliphatic carbocycles. The molecule has 0 aromatic rings. The summed E-state index contributed by atoms with van der Waals surface area (Å²) < 4.78 is 0.